The van der Waals surface area contributed by atoms with Crippen molar-refractivity contribution in [2.45, 2.75) is 0 Å². The molecule has 0 saturated carbocycles. The highest BCUT2D eigenvalue weighted by Gasteiger charge is 1.84. The van der Waals surface area contributed by atoms with Crippen LogP contribution in [0.25, 0.3) is 0 Å². The van der Waals surface area contributed by atoms with Crippen LogP contribution in [0.3, 0.4) is 0 Å². The van der Waals surface area contributed by atoms with E-state index in [1.807, 2.05) is 12.1 Å². The maximum atomic E-state index is 8.46. The van der Waals surface area contributed by atoms with Gasteiger partial charge in [-0.05, 0) is 0 Å². The van der Waals surface area contributed by atoms with Crippen LogP contribution in [0.2, 0.25) is 0 Å². The van der Waals surface area contributed by atoms with Gasteiger partial charge in [0.1, 0.15) is 0 Å². The van der Waals surface area contributed by atoms with Gasteiger partial charge in [-0.3, -0.25) is 0 Å². The Morgan fingerprint density at radius 2 is 1.12 bits per heavy atom. The van der Waals surface area contributed by atoms with E-state index in [9.17, 15) is 0 Å². The average Bonchev–Trinajstić information content (AvgIpc) is 2.33. The molecule has 0 heterocycles. The second-order valence-electron chi connectivity index (χ2n) is 3.08. The molecule has 0 bridgehead atoms. The van der Waals surface area contributed by atoms with E-state index in [0.29, 0.717) is 0 Å². The summed E-state index contributed by atoms with van der Waals surface area (Å²) in [7, 11) is 0. The summed E-state index contributed by atoms with van der Waals surface area (Å²) in [5, 5.41) is 4.04. The second-order valence-corrected chi connectivity index (χ2v) is 3.08. The van der Waals surface area contributed by atoms with Crippen LogP contribution < -0.4 is 5.41 Å². The lowest BCUT2D eigenvalue weighted by Crippen LogP contribution is -2.24. The van der Waals surface area contributed by atoms with Crippen molar-refractivity contribution in [1.29, 1.82) is 0 Å². The van der Waals surface area contributed by atoms with Crippen LogP contribution in [0, 0.1) is 6.42 Å². The highest BCUT2D eigenvalue weighted by Crippen LogP contribution is 2.10. The Morgan fingerprint density at radius 1 is 0.812 bits per heavy atom. The summed E-state index contributed by atoms with van der Waals surface area (Å²) in [6, 6.07) is 20.7. The monoisotopic (exact) mass is 211 g/mol. The number of hydrogen-bond acceptors (Lipinski definition) is 1. The standard InChI is InChI=1S/C13H11.CHNO/c1-3-7-12(8-4-1)11-13-9-5-2-6-10-13;2-1-3/h1-11H;2H/q-1;/p+1. The third kappa shape index (κ3) is 4.27. The molecule has 0 aliphatic heterocycles. The lowest BCUT2D eigenvalue weighted by Gasteiger charge is -2.07. The minimum absolute atomic E-state index is 1.00. The molecule has 0 fully saturated rings. The Hall–Kier alpha value is -2.31. The van der Waals surface area contributed by atoms with Crippen molar-refractivity contribution in [2.75, 3.05) is 0 Å². The molecular weight excluding hydrogens is 198 g/mol. The predicted octanol–water partition coefficient (Wildman–Crippen LogP) is 1.37. The Bertz CT molecular complexity index is 393. The first kappa shape index (κ1) is 11.8. The SMILES string of the molecule is [NH2+]=C=O.c1ccc([CH-]c2ccccc2)cc1. The molecule has 0 saturated heterocycles. The third-order valence-corrected chi connectivity index (χ3v) is 1.93. The van der Waals surface area contributed by atoms with Gasteiger partial charge in [0.15, 0.2) is 0 Å². The van der Waals surface area contributed by atoms with Gasteiger partial charge in [-0.15, -0.1) is 41.8 Å². The fourth-order valence-electron chi connectivity index (χ4n) is 1.29. The van der Waals surface area contributed by atoms with Gasteiger partial charge in [0.2, 0.25) is 0 Å². The van der Waals surface area contributed by atoms with E-state index in [1.165, 1.54) is 11.1 Å². The van der Waals surface area contributed by atoms with Crippen molar-refractivity contribution in [3.05, 3.63) is 78.2 Å². The molecule has 0 unspecified atom stereocenters. The smallest absolute Gasteiger partial charge is 0.179 e. The molecule has 2 rings (SSSR count). The summed E-state index contributed by atoms with van der Waals surface area (Å²) in [5.41, 5.74) is 2.49. The van der Waals surface area contributed by atoms with E-state index < -0.39 is 0 Å². The predicted molar refractivity (Wildman–Crippen MR) is 63.0 cm³/mol. The topological polar surface area (TPSA) is 42.7 Å². The Balaban J connectivity index is 0.000000386. The number of isocyanates is 1. The fraction of sp³-hybridized carbons (Fsp3) is 0. The highest BCUT2D eigenvalue weighted by molar-refractivity contribution is 5.36. The molecular formula is C14H13NO. The van der Waals surface area contributed by atoms with Gasteiger partial charge in [0, 0.05) is 0 Å². The molecule has 0 aliphatic carbocycles. The van der Waals surface area contributed by atoms with Gasteiger partial charge in [-0.2, -0.15) is 10.2 Å². The quantitative estimate of drug-likeness (QED) is 0.455. The van der Waals surface area contributed by atoms with Crippen molar-refractivity contribution in [2.24, 2.45) is 0 Å². The zero-order valence-electron chi connectivity index (χ0n) is 8.84. The van der Waals surface area contributed by atoms with Crippen molar-refractivity contribution in [3.8, 4) is 0 Å². The van der Waals surface area contributed by atoms with Crippen molar-refractivity contribution >= 4 is 6.08 Å². The van der Waals surface area contributed by atoms with Crippen LogP contribution in [0.15, 0.2) is 60.7 Å². The number of carbonyl (C=O) groups excluding carboxylic acids is 1. The Morgan fingerprint density at radius 3 is 1.44 bits per heavy atom. The molecule has 16 heavy (non-hydrogen) atoms. The zero-order chi connectivity index (χ0) is 11.6. The molecule has 0 aromatic heterocycles. The van der Waals surface area contributed by atoms with Crippen LogP contribution in [-0.2, 0) is 4.79 Å². The normalized spacial score (nSPS) is 8.25. The van der Waals surface area contributed by atoms with E-state index >= 15 is 0 Å². The van der Waals surface area contributed by atoms with Crippen LogP contribution in [0.4, 0.5) is 0 Å². The molecule has 0 amide bonds. The summed E-state index contributed by atoms with van der Waals surface area (Å²) in [6.07, 6.45) is 3.17. The van der Waals surface area contributed by atoms with Gasteiger partial charge < -0.3 is 0 Å². The molecule has 0 atom stereocenters. The molecule has 2 heteroatoms. The largest absolute Gasteiger partial charge is 0.420 e. The molecule has 2 aromatic carbocycles. The minimum Gasteiger partial charge on any atom is -0.179 e. The molecule has 2 aromatic rings. The first-order chi connectivity index (χ1) is 7.86. The van der Waals surface area contributed by atoms with E-state index in [1.54, 1.807) is 0 Å². The van der Waals surface area contributed by atoms with Gasteiger partial charge in [-0.1, -0.05) is 36.4 Å². The van der Waals surface area contributed by atoms with Crippen molar-refractivity contribution in [3.63, 3.8) is 0 Å². The number of benzene rings is 2. The van der Waals surface area contributed by atoms with Crippen molar-refractivity contribution in [1.82, 2.24) is 0 Å². The first-order valence-electron chi connectivity index (χ1n) is 4.89. The van der Waals surface area contributed by atoms with Gasteiger partial charge in [0.05, 0.1) is 0 Å². The Kier molecular flexibility index (Phi) is 5.18. The van der Waals surface area contributed by atoms with E-state index in [4.69, 9.17) is 4.79 Å². The van der Waals surface area contributed by atoms with Crippen LogP contribution in [-0.4, -0.2) is 6.08 Å². The van der Waals surface area contributed by atoms with E-state index in [2.05, 4.69) is 60.4 Å². The van der Waals surface area contributed by atoms with Gasteiger partial charge >= 0.3 is 6.08 Å². The lowest BCUT2D eigenvalue weighted by atomic mass is 10.1. The maximum absolute atomic E-state index is 8.46. The number of rotatable bonds is 2. The maximum Gasteiger partial charge on any atom is 0.420 e. The second kappa shape index (κ2) is 7.04. The lowest BCUT2D eigenvalue weighted by molar-refractivity contribution is -0.111. The molecule has 0 spiro atoms. The fourth-order valence-corrected chi connectivity index (χ4v) is 1.29. The number of nitrogens with two attached hydrogens (primary N) is 1. The molecule has 80 valence electrons. The summed E-state index contributed by atoms with van der Waals surface area (Å²) in [4.78, 5) is 8.46. The molecule has 0 radical (unpaired) electrons. The summed E-state index contributed by atoms with van der Waals surface area (Å²) in [6.45, 7) is 0. The summed E-state index contributed by atoms with van der Waals surface area (Å²) < 4.78 is 0. The highest BCUT2D eigenvalue weighted by atomic mass is 16.1. The number of hydrogen-bond donors (Lipinski definition) is 1. The van der Waals surface area contributed by atoms with Gasteiger partial charge in [-0.25, -0.2) is 0 Å². The average molecular weight is 211 g/mol. The Labute approximate surface area is 95.1 Å². The summed E-state index contributed by atoms with van der Waals surface area (Å²) in [5.74, 6) is 0. The molecule has 0 aliphatic rings. The minimum atomic E-state index is 1.00. The van der Waals surface area contributed by atoms with Crippen LogP contribution in [0.1, 0.15) is 11.1 Å². The van der Waals surface area contributed by atoms with E-state index in [0.717, 1.165) is 6.08 Å². The van der Waals surface area contributed by atoms with Crippen LogP contribution >= 0.6 is 0 Å². The third-order valence-electron chi connectivity index (χ3n) is 1.93. The van der Waals surface area contributed by atoms with E-state index in [-0.39, 0.29) is 0 Å². The first-order valence-corrected chi connectivity index (χ1v) is 4.89. The molecule has 2 N–H and O–H groups in total. The summed E-state index contributed by atoms with van der Waals surface area (Å²) >= 11 is 0. The zero-order valence-corrected chi connectivity index (χ0v) is 8.84. The molecule has 2 nitrogen and oxygen atoms in total. The van der Waals surface area contributed by atoms with Crippen molar-refractivity contribution < 1.29 is 10.2 Å². The van der Waals surface area contributed by atoms with Crippen LogP contribution in [0.5, 0.6) is 0 Å². The van der Waals surface area contributed by atoms with Gasteiger partial charge in [0.25, 0.3) is 0 Å².